The van der Waals surface area contributed by atoms with Crippen LogP contribution in [0.5, 0.6) is 11.5 Å². The molecule has 1 aromatic heterocycles. The van der Waals surface area contributed by atoms with Gasteiger partial charge in [-0.1, -0.05) is 65.1 Å². The Morgan fingerprint density at radius 2 is 1.81 bits per heavy atom. The van der Waals surface area contributed by atoms with Gasteiger partial charge in [0, 0.05) is 17.8 Å². The fraction of sp³-hybridized carbons (Fsp3) is 0.143. The Bertz CT molecular complexity index is 1450. The van der Waals surface area contributed by atoms with Crippen LogP contribution in [-0.2, 0) is 17.9 Å². The summed E-state index contributed by atoms with van der Waals surface area (Å²) < 4.78 is 13.1. The van der Waals surface area contributed by atoms with Gasteiger partial charge in [-0.2, -0.15) is 5.10 Å². The van der Waals surface area contributed by atoms with Gasteiger partial charge in [-0.05, 0) is 60.0 Å². The van der Waals surface area contributed by atoms with Crippen molar-refractivity contribution in [3.05, 3.63) is 110 Å². The quantitative estimate of drug-likeness (QED) is 0.218. The van der Waals surface area contributed by atoms with Gasteiger partial charge < -0.3 is 14.8 Å². The molecule has 0 spiro atoms. The van der Waals surface area contributed by atoms with E-state index >= 15 is 0 Å². The molecule has 1 amide bonds. The van der Waals surface area contributed by atoms with Gasteiger partial charge in [-0.3, -0.25) is 9.48 Å². The lowest BCUT2D eigenvalue weighted by Crippen LogP contribution is -2.09. The third-order valence-corrected chi connectivity index (χ3v) is 6.51. The summed E-state index contributed by atoms with van der Waals surface area (Å²) in [6, 6.07) is 18.8. The van der Waals surface area contributed by atoms with E-state index in [4.69, 9.17) is 44.3 Å². The maximum atomic E-state index is 12.6. The van der Waals surface area contributed by atoms with Gasteiger partial charge in [0.15, 0.2) is 5.82 Å². The zero-order chi connectivity index (χ0) is 26.4. The van der Waals surface area contributed by atoms with Crippen LogP contribution in [0.1, 0.15) is 22.3 Å². The molecule has 1 heterocycles. The Morgan fingerprint density at radius 3 is 2.57 bits per heavy atom. The standard InChI is InChI=1S/C28H24Cl3N3O3/c1-18-5-3-4-6-25(18)37-17-21-13-19(8-11-26(21)36-2)9-12-27(35)32-28-24(31)16-34(33-28)15-20-7-10-22(29)23(30)14-20/h3-14,16H,15,17H2,1-2H3,(H,32,33,35)/b12-9+. The Morgan fingerprint density at radius 1 is 1.00 bits per heavy atom. The highest BCUT2D eigenvalue weighted by Crippen LogP contribution is 2.26. The molecule has 9 heteroatoms. The van der Waals surface area contributed by atoms with E-state index in [2.05, 4.69) is 10.4 Å². The van der Waals surface area contributed by atoms with Crippen LogP contribution in [0.15, 0.2) is 72.9 Å². The monoisotopic (exact) mass is 555 g/mol. The molecule has 0 saturated heterocycles. The summed E-state index contributed by atoms with van der Waals surface area (Å²) in [6.45, 7) is 2.74. The van der Waals surface area contributed by atoms with Gasteiger partial charge in [-0.15, -0.1) is 0 Å². The molecule has 1 N–H and O–H groups in total. The van der Waals surface area contributed by atoms with Crippen molar-refractivity contribution in [2.45, 2.75) is 20.1 Å². The lowest BCUT2D eigenvalue weighted by atomic mass is 10.1. The minimum Gasteiger partial charge on any atom is -0.496 e. The molecule has 0 saturated carbocycles. The van der Waals surface area contributed by atoms with Crippen molar-refractivity contribution in [1.29, 1.82) is 0 Å². The van der Waals surface area contributed by atoms with E-state index in [-0.39, 0.29) is 11.7 Å². The first-order valence-corrected chi connectivity index (χ1v) is 12.5. The van der Waals surface area contributed by atoms with Crippen LogP contribution in [0.2, 0.25) is 15.1 Å². The number of methoxy groups -OCH3 is 1. The molecule has 0 atom stereocenters. The zero-order valence-electron chi connectivity index (χ0n) is 20.2. The molecule has 4 aromatic rings. The lowest BCUT2D eigenvalue weighted by Gasteiger charge is -2.12. The fourth-order valence-electron chi connectivity index (χ4n) is 3.61. The first-order valence-electron chi connectivity index (χ1n) is 11.3. The van der Waals surface area contributed by atoms with Gasteiger partial charge in [0.2, 0.25) is 5.91 Å². The van der Waals surface area contributed by atoms with Crippen LogP contribution in [0.4, 0.5) is 5.82 Å². The minimum absolute atomic E-state index is 0.262. The first-order chi connectivity index (χ1) is 17.8. The van der Waals surface area contributed by atoms with E-state index in [0.29, 0.717) is 34.0 Å². The lowest BCUT2D eigenvalue weighted by molar-refractivity contribution is -0.111. The number of hydrogen-bond donors (Lipinski definition) is 1. The van der Waals surface area contributed by atoms with Crippen molar-refractivity contribution in [2.24, 2.45) is 0 Å². The second-order valence-electron chi connectivity index (χ2n) is 8.22. The molecule has 0 radical (unpaired) electrons. The third kappa shape index (κ3) is 7.07. The zero-order valence-corrected chi connectivity index (χ0v) is 22.4. The smallest absolute Gasteiger partial charge is 0.249 e. The summed E-state index contributed by atoms with van der Waals surface area (Å²) in [7, 11) is 1.61. The van der Waals surface area contributed by atoms with Crippen molar-refractivity contribution in [2.75, 3.05) is 12.4 Å². The highest BCUT2D eigenvalue weighted by Gasteiger charge is 2.11. The van der Waals surface area contributed by atoms with Gasteiger partial charge in [0.05, 0.1) is 23.7 Å². The molecule has 3 aromatic carbocycles. The number of halogens is 3. The summed E-state index contributed by atoms with van der Waals surface area (Å²) >= 11 is 18.3. The van der Waals surface area contributed by atoms with Gasteiger partial charge in [0.1, 0.15) is 23.1 Å². The Kier molecular flexibility index (Phi) is 8.77. The molecule has 4 rings (SSSR count). The predicted octanol–water partition coefficient (Wildman–Crippen LogP) is 7.44. The van der Waals surface area contributed by atoms with E-state index in [1.54, 1.807) is 36.2 Å². The number of carbonyl (C=O) groups is 1. The van der Waals surface area contributed by atoms with E-state index in [9.17, 15) is 4.79 Å². The number of aryl methyl sites for hydroxylation is 1. The predicted molar refractivity (Wildman–Crippen MR) is 149 cm³/mol. The number of amides is 1. The maximum absolute atomic E-state index is 12.6. The van der Waals surface area contributed by atoms with Crippen LogP contribution < -0.4 is 14.8 Å². The Hall–Kier alpha value is -3.45. The molecule has 0 aliphatic heterocycles. The average molecular weight is 557 g/mol. The molecular formula is C28H24Cl3N3O3. The molecule has 190 valence electrons. The normalized spacial score (nSPS) is 11.1. The van der Waals surface area contributed by atoms with Crippen molar-refractivity contribution in [1.82, 2.24) is 9.78 Å². The number of aromatic nitrogens is 2. The van der Waals surface area contributed by atoms with Crippen molar-refractivity contribution < 1.29 is 14.3 Å². The van der Waals surface area contributed by atoms with E-state index < -0.39 is 0 Å². The summed E-state index contributed by atoms with van der Waals surface area (Å²) in [5.41, 5.74) is 3.62. The van der Waals surface area contributed by atoms with Crippen LogP contribution >= 0.6 is 34.8 Å². The number of para-hydroxylation sites is 1. The minimum atomic E-state index is -0.366. The largest absolute Gasteiger partial charge is 0.496 e. The molecule has 0 aliphatic carbocycles. The number of nitrogens with zero attached hydrogens (tertiary/aromatic N) is 2. The van der Waals surface area contributed by atoms with Crippen LogP contribution in [0, 0.1) is 6.92 Å². The first kappa shape index (κ1) is 26.6. The van der Waals surface area contributed by atoms with Crippen LogP contribution in [-0.4, -0.2) is 22.8 Å². The highest BCUT2D eigenvalue weighted by molar-refractivity contribution is 6.42. The van der Waals surface area contributed by atoms with Gasteiger partial charge >= 0.3 is 0 Å². The SMILES string of the molecule is COc1ccc(/C=C/C(=O)Nc2nn(Cc3ccc(Cl)c(Cl)c3)cc2Cl)cc1COc1ccccc1C. The van der Waals surface area contributed by atoms with Gasteiger partial charge in [0.25, 0.3) is 0 Å². The molecule has 0 fully saturated rings. The third-order valence-electron chi connectivity index (χ3n) is 5.50. The van der Waals surface area contributed by atoms with Gasteiger partial charge in [-0.25, -0.2) is 0 Å². The Balaban J connectivity index is 1.40. The van der Waals surface area contributed by atoms with E-state index in [1.165, 1.54) is 6.08 Å². The van der Waals surface area contributed by atoms with Crippen LogP contribution in [0.3, 0.4) is 0 Å². The van der Waals surface area contributed by atoms with Crippen molar-refractivity contribution in [3.8, 4) is 11.5 Å². The second kappa shape index (κ2) is 12.2. The molecule has 0 aliphatic rings. The average Bonchev–Trinajstić information content (AvgIpc) is 3.22. The summed E-state index contributed by atoms with van der Waals surface area (Å²) in [5.74, 6) is 1.41. The summed E-state index contributed by atoms with van der Waals surface area (Å²) in [5, 5.41) is 8.33. The number of anilines is 1. The summed E-state index contributed by atoms with van der Waals surface area (Å²) in [4.78, 5) is 12.6. The maximum Gasteiger partial charge on any atom is 0.249 e. The summed E-state index contributed by atoms with van der Waals surface area (Å²) in [6.07, 6.45) is 4.75. The highest BCUT2D eigenvalue weighted by atomic mass is 35.5. The molecular weight excluding hydrogens is 533 g/mol. The number of hydrogen-bond acceptors (Lipinski definition) is 4. The van der Waals surface area contributed by atoms with Crippen LogP contribution in [0.25, 0.3) is 6.08 Å². The molecule has 0 unspecified atom stereocenters. The van der Waals surface area contributed by atoms with E-state index in [1.807, 2.05) is 55.5 Å². The molecule has 6 nitrogen and oxygen atoms in total. The Labute approximate surface area is 230 Å². The number of benzene rings is 3. The topological polar surface area (TPSA) is 65.4 Å². The fourth-order valence-corrected chi connectivity index (χ4v) is 4.13. The number of rotatable bonds is 9. The number of carbonyl (C=O) groups excluding carboxylic acids is 1. The molecule has 37 heavy (non-hydrogen) atoms. The van der Waals surface area contributed by atoms with E-state index in [0.717, 1.165) is 28.0 Å². The molecule has 0 bridgehead atoms. The van der Waals surface area contributed by atoms with Crippen molar-refractivity contribution >= 4 is 52.6 Å². The van der Waals surface area contributed by atoms with Crippen molar-refractivity contribution in [3.63, 3.8) is 0 Å². The number of ether oxygens (including phenoxy) is 2. The second-order valence-corrected chi connectivity index (χ2v) is 9.44. The number of nitrogens with one attached hydrogen (secondary N) is 1.